The van der Waals surface area contributed by atoms with Crippen molar-refractivity contribution in [1.29, 1.82) is 0 Å². The van der Waals surface area contributed by atoms with Gasteiger partial charge in [0.1, 0.15) is 24.1 Å². The second-order valence-electron chi connectivity index (χ2n) is 12.4. The zero-order valence-electron chi connectivity index (χ0n) is 29.3. The lowest BCUT2D eigenvalue weighted by Gasteiger charge is -2.30. The number of nitrogens with zero attached hydrogens (tertiary/aromatic N) is 4. The summed E-state index contributed by atoms with van der Waals surface area (Å²) in [5.74, 6) is 0.145. The number of aromatic nitrogens is 4. The van der Waals surface area contributed by atoms with Crippen molar-refractivity contribution in [3.63, 3.8) is 0 Å². The number of ether oxygens (including phenoxy) is 1. The largest absolute Gasteiger partial charge is 0.475 e. The average Bonchev–Trinajstić information content (AvgIpc) is 3.77. The Kier molecular flexibility index (Phi) is 12.1. The summed E-state index contributed by atoms with van der Waals surface area (Å²) in [4.78, 5) is 12.8. The summed E-state index contributed by atoms with van der Waals surface area (Å²) in [5, 5.41) is 0. The summed E-state index contributed by atoms with van der Waals surface area (Å²) >= 11 is 0. The lowest BCUT2D eigenvalue weighted by molar-refractivity contribution is -0.0369. The molecule has 2 N–H and O–H groups in total. The molecule has 1 saturated heterocycles. The standard InChI is InChI=1S/C38H39N5O9P2/c1-28-34(51-53(44,46-22-29-14-6-2-7-15-29)47-23-30-16-8-3-9-17-30)35(38(50-28)43-27-42-33-36(39)40-26-41-37(33)43)52-54(45,48-24-31-18-10-4-11-19-31)49-25-32-20-12-5-13-21-32/h2-21,26-28,34-35,38H,22-25H2,1H3,(H2,39,40,41)/t28-,34-,35-,38-/m1/s1. The van der Waals surface area contributed by atoms with Crippen LogP contribution in [0.15, 0.2) is 134 Å². The van der Waals surface area contributed by atoms with Gasteiger partial charge in [-0.15, -0.1) is 0 Å². The molecule has 1 aliphatic rings. The van der Waals surface area contributed by atoms with Crippen LogP contribution in [0.4, 0.5) is 5.82 Å². The van der Waals surface area contributed by atoms with E-state index in [1.807, 2.05) is 121 Å². The van der Waals surface area contributed by atoms with Gasteiger partial charge in [-0.25, -0.2) is 24.1 Å². The topological polar surface area (TPSA) is 168 Å². The van der Waals surface area contributed by atoms with E-state index in [0.717, 1.165) is 22.3 Å². The monoisotopic (exact) mass is 771 g/mol. The molecular weight excluding hydrogens is 732 g/mol. The summed E-state index contributed by atoms with van der Waals surface area (Å²) in [6, 6.07) is 36.7. The highest BCUT2D eigenvalue weighted by molar-refractivity contribution is 7.48. The van der Waals surface area contributed by atoms with Gasteiger partial charge < -0.3 is 10.5 Å². The van der Waals surface area contributed by atoms with Gasteiger partial charge in [0.2, 0.25) is 0 Å². The molecule has 16 heteroatoms. The third-order valence-corrected chi connectivity index (χ3v) is 11.3. The highest BCUT2D eigenvalue weighted by Gasteiger charge is 2.53. The highest BCUT2D eigenvalue weighted by Crippen LogP contribution is 2.59. The molecule has 1 aliphatic heterocycles. The number of rotatable bonds is 17. The first-order valence-electron chi connectivity index (χ1n) is 17.2. The van der Waals surface area contributed by atoms with Crippen molar-refractivity contribution in [2.24, 2.45) is 0 Å². The molecule has 0 unspecified atom stereocenters. The Hall–Kier alpha value is -4.59. The summed E-state index contributed by atoms with van der Waals surface area (Å²) in [6.45, 7) is 1.30. The number of hydrogen-bond acceptors (Lipinski definition) is 13. The molecule has 0 saturated carbocycles. The van der Waals surface area contributed by atoms with E-state index in [1.165, 1.54) is 12.7 Å². The predicted molar refractivity (Wildman–Crippen MR) is 199 cm³/mol. The summed E-state index contributed by atoms with van der Waals surface area (Å²) in [7, 11) is -8.91. The third kappa shape index (κ3) is 9.37. The molecule has 6 aromatic rings. The van der Waals surface area contributed by atoms with Crippen molar-refractivity contribution in [3.05, 3.63) is 156 Å². The van der Waals surface area contributed by atoms with Gasteiger partial charge >= 0.3 is 15.6 Å². The van der Waals surface area contributed by atoms with E-state index in [0.29, 0.717) is 11.2 Å². The normalized spacial score (nSPS) is 19.0. The molecule has 2 aromatic heterocycles. The number of hydrogen-bond donors (Lipinski definition) is 1. The van der Waals surface area contributed by atoms with Crippen LogP contribution < -0.4 is 5.73 Å². The lowest BCUT2D eigenvalue weighted by atomic mass is 10.1. The van der Waals surface area contributed by atoms with Crippen LogP contribution in [0, 0.1) is 0 Å². The van der Waals surface area contributed by atoms with Gasteiger partial charge in [-0.2, -0.15) is 0 Å². The van der Waals surface area contributed by atoms with E-state index >= 15 is 0 Å². The highest BCUT2D eigenvalue weighted by atomic mass is 31.2. The van der Waals surface area contributed by atoms with Gasteiger partial charge in [0, 0.05) is 0 Å². The number of nitrogen functional groups attached to an aromatic ring is 1. The first-order chi connectivity index (χ1) is 26.3. The van der Waals surface area contributed by atoms with Crippen molar-refractivity contribution in [2.75, 3.05) is 5.73 Å². The third-order valence-electron chi connectivity index (χ3n) is 8.51. The maximum absolute atomic E-state index is 14.8. The smallest absolute Gasteiger partial charge is 0.382 e. The van der Waals surface area contributed by atoms with Gasteiger partial charge in [-0.05, 0) is 29.2 Å². The summed E-state index contributed by atoms with van der Waals surface area (Å²) in [6.07, 6.45) is -1.77. The van der Waals surface area contributed by atoms with Crippen LogP contribution in [-0.4, -0.2) is 37.8 Å². The molecular formula is C38H39N5O9P2. The van der Waals surface area contributed by atoms with Gasteiger partial charge in [0.15, 0.2) is 17.7 Å². The zero-order chi connectivity index (χ0) is 37.4. The number of fused-ring (bicyclic) bond motifs is 1. The fourth-order valence-electron chi connectivity index (χ4n) is 5.75. The van der Waals surface area contributed by atoms with Crippen LogP contribution in [-0.2, 0) is 67.4 Å². The number of phosphoric acid groups is 2. The quantitative estimate of drug-likeness (QED) is 0.0882. The Bertz CT molecular complexity index is 2110. The SMILES string of the molecule is C[C@H]1O[C@@H](n2cnc3c(N)ncnc32)[C@H](OP(=O)(OCc2ccccc2)OCc2ccccc2)[C@@H]1OP(=O)(OCc1ccccc1)OCc1ccccc1. The number of anilines is 1. The molecule has 7 rings (SSSR count). The molecule has 0 bridgehead atoms. The molecule has 54 heavy (non-hydrogen) atoms. The Morgan fingerprint density at radius 3 is 1.44 bits per heavy atom. The Morgan fingerprint density at radius 2 is 1.02 bits per heavy atom. The molecule has 4 aromatic carbocycles. The van der Waals surface area contributed by atoms with E-state index in [-0.39, 0.29) is 32.2 Å². The Balaban J connectivity index is 1.24. The van der Waals surface area contributed by atoms with Crippen LogP contribution in [0.5, 0.6) is 0 Å². The van der Waals surface area contributed by atoms with Crippen LogP contribution in [0.1, 0.15) is 35.4 Å². The molecule has 0 amide bonds. The van der Waals surface area contributed by atoms with Crippen LogP contribution >= 0.6 is 15.6 Å². The van der Waals surface area contributed by atoms with E-state index in [4.69, 9.17) is 37.6 Å². The van der Waals surface area contributed by atoms with Gasteiger partial charge in [-0.1, -0.05) is 121 Å². The van der Waals surface area contributed by atoms with E-state index < -0.39 is 40.2 Å². The van der Waals surface area contributed by atoms with Gasteiger partial charge in [-0.3, -0.25) is 31.7 Å². The van der Waals surface area contributed by atoms with Crippen molar-refractivity contribution in [1.82, 2.24) is 19.5 Å². The molecule has 14 nitrogen and oxygen atoms in total. The second-order valence-corrected chi connectivity index (χ2v) is 15.6. The average molecular weight is 772 g/mol. The van der Waals surface area contributed by atoms with Gasteiger partial charge in [0.05, 0.1) is 38.9 Å². The van der Waals surface area contributed by atoms with Crippen molar-refractivity contribution in [2.45, 2.75) is 57.9 Å². The Morgan fingerprint density at radius 1 is 0.611 bits per heavy atom. The predicted octanol–water partition coefficient (Wildman–Crippen LogP) is 8.18. The summed E-state index contributed by atoms with van der Waals surface area (Å²) in [5.41, 5.74) is 9.66. The molecule has 1 fully saturated rings. The minimum Gasteiger partial charge on any atom is -0.382 e. The lowest BCUT2D eigenvalue weighted by Crippen LogP contribution is -2.35. The maximum Gasteiger partial charge on any atom is 0.475 e. The number of phosphoric ester groups is 2. The van der Waals surface area contributed by atoms with Crippen LogP contribution in [0.2, 0.25) is 0 Å². The zero-order valence-corrected chi connectivity index (χ0v) is 31.1. The molecule has 4 atom stereocenters. The summed E-state index contributed by atoms with van der Waals surface area (Å²) < 4.78 is 74.1. The number of benzene rings is 4. The molecule has 0 spiro atoms. The number of nitrogens with two attached hydrogens (primary N) is 1. The minimum absolute atomic E-state index is 0.0922. The minimum atomic E-state index is -4.49. The fraction of sp³-hybridized carbons (Fsp3) is 0.237. The van der Waals surface area contributed by atoms with Crippen molar-refractivity contribution >= 4 is 32.6 Å². The fourth-order valence-corrected chi connectivity index (χ4v) is 8.48. The van der Waals surface area contributed by atoms with Crippen LogP contribution in [0.3, 0.4) is 0 Å². The first kappa shape index (κ1) is 37.7. The van der Waals surface area contributed by atoms with Crippen LogP contribution in [0.25, 0.3) is 11.2 Å². The van der Waals surface area contributed by atoms with E-state index in [9.17, 15) is 9.13 Å². The van der Waals surface area contributed by atoms with E-state index in [2.05, 4.69) is 15.0 Å². The first-order valence-corrected chi connectivity index (χ1v) is 20.1. The Labute approximate surface area is 312 Å². The van der Waals surface area contributed by atoms with E-state index in [1.54, 1.807) is 11.5 Å². The molecule has 280 valence electrons. The molecule has 0 aliphatic carbocycles. The second kappa shape index (κ2) is 17.3. The molecule has 0 radical (unpaired) electrons. The van der Waals surface area contributed by atoms with Crippen molar-refractivity contribution < 1.29 is 41.0 Å². The number of imidazole rings is 1. The van der Waals surface area contributed by atoms with Crippen molar-refractivity contribution in [3.8, 4) is 0 Å². The maximum atomic E-state index is 14.8. The van der Waals surface area contributed by atoms with Gasteiger partial charge in [0.25, 0.3) is 0 Å². The molecule has 3 heterocycles.